The van der Waals surface area contributed by atoms with Crippen molar-refractivity contribution >= 4 is 17.9 Å². The van der Waals surface area contributed by atoms with Crippen LogP contribution in [0.15, 0.2) is 48.5 Å². The Labute approximate surface area is 169 Å². The van der Waals surface area contributed by atoms with E-state index >= 15 is 0 Å². The molecule has 154 valence electrons. The second kappa shape index (κ2) is 10.7. The Morgan fingerprint density at radius 1 is 1.00 bits per heavy atom. The van der Waals surface area contributed by atoms with Crippen molar-refractivity contribution in [3.8, 4) is 11.5 Å². The van der Waals surface area contributed by atoms with Gasteiger partial charge in [-0.2, -0.15) is 0 Å². The zero-order chi connectivity index (χ0) is 21.2. The summed E-state index contributed by atoms with van der Waals surface area (Å²) in [7, 11) is 1.49. The van der Waals surface area contributed by atoms with E-state index in [1.165, 1.54) is 19.2 Å². The Hall–Kier alpha value is -3.55. The normalized spacial score (nSPS) is 11.1. The fourth-order valence-electron chi connectivity index (χ4n) is 2.53. The summed E-state index contributed by atoms with van der Waals surface area (Å²) >= 11 is 0. The number of hydrogen-bond acceptors (Lipinski definition) is 6. The predicted molar refractivity (Wildman–Crippen MR) is 106 cm³/mol. The lowest BCUT2D eigenvalue weighted by Crippen LogP contribution is -2.42. The number of esters is 1. The van der Waals surface area contributed by atoms with Crippen LogP contribution in [-0.4, -0.2) is 38.2 Å². The highest BCUT2D eigenvalue weighted by molar-refractivity contribution is 5.99. The third-order valence-electron chi connectivity index (χ3n) is 3.84. The summed E-state index contributed by atoms with van der Waals surface area (Å²) in [6.07, 6.45) is -1.30. The average molecular weight is 400 g/mol. The lowest BCUT2D eigenvalue weighted by molar-refractivity contribution is -0.129. The number of ether oxygens (including phenoxy) is 3. The number of amides is 3. The Kier molecular flexibility index (Phi) is 8.02. The van der Waals surface area contributed by atoms with Crippen LogP contribution in [0.25, 0.3) is 0 Å². The van der Waals surface area contributed by atoms with E-state index in [9.17, 15) is 14.4 Å². The Bertz CT molecular complexity index is 854. The molecular weight excluding hydrogens is 376 g/mol. The van der Waals surface area contributed by atoms with Gasteiger partial charge in [-0.3, -0.25) is 10.1 Å². The Balaban J connectivity index is 2.26. The van der Waals surface area contributed by atoms with E-state index in [1.807, 2.05) is 6.92 Å². The largest absolute Gasteiger partial charge is 0.493 e. The van der Waals surface area contributed by atoms with Gasteiger partial charge in [0.15, 0.2) is 11.5 Å². The zero-order valence-electron chi connectivity index (χ0n) is 16.6. The number of methoxy groups -OCH3 is 1. The smallest absolute Gasteiger partial charge is 0.339 e. The first-order chi connectivity index (χ1) is 14.0. The molecule has 0 bridgehead atoms. The molecule has 0 heterocycles. The molecule has 0 aliphatic rings. The molecule has 1 atom stereocenters. The van der Waals surface area contributed by atoms with Crippen LogP contribution in [0, 0.1) is 0 Å². The highest BCUT2D eigenvalue weighted by Gasteiger charge is 2.27. The Morgan fingerprint density at radius 3 is 2.34 bits per heavy atom. The third kappa shape index (κ3) is 5.97. The minimum atomic E-state index is -1.30. The van der Waals surface area contributed by atoms with Crippen LogP contribution in [0.5, 0.6) is 11.5 Å². The molecule has 0 saturated heterocycles. The number of urea groups is 1. The van der Waals surface area contributed by atoms with E-state index < -0.39 is 24.0 Å². The van der Waals surface area contributed by atoms with Gasteiger partial charge in [-0.1, -0.05) is 30.3 Å². The molecule has 0 radical (unpaired) electrons. The highest BCUT2D eigenvalue weighted by atomic mass is 16.5. The van der Waals surface area contributed by atoms with Crippen molar-refractivity contribution in [3.63, 3.8) is 0 Å². The third-order valence-corrected chi connectivity index (χ3v) is 3.84. The standard InChI is InChI=1S/C21H24N2O6/c1-4-22-21(26)23-19(24)18(14-9-7-6-8-10-14)29-20(25)15-11-12-16(27-3)17(13-15)28-5-2/h6-13,18H,4-5H2,1-3H3,(H2,22,23,24,26)/t18-/m1/s1. The highest BCUT2D eigenvalue weighted by Crippen LogP contribution is 2.29. The molecule has 0 fully saturated rings. The van der Waals surface area contributed by atoms with Crippen molar-refractivity contribution in [2.24, 2.45) is 0 Å². The lowest BCUT2D eigenvalue weighted by Gasteiger charge is -2.18. The second-order valence-corrected chi connectivity index (χ2v) is 5.84. The molecule has 2 N–H and O–H groups in total. The van der Waals surface area contributed by atoms with E-state index in [0.29, 0.717) is 30.2 Å². The van der Waals surface area contributed by atoms with Crippen molar-refractivity contribution in [2.45, 2.75) is 20.0 Å². The average Bonchev–Trinajstić information content (AvgIpc) is 2.72. The SMILES string of the molecule is CCNC(=O)NC(=O)[C@H](OC(=O)c1ccc(OC)c(OCC)c1)c1ccccc1. The van der Waals surface area contributed by atoms with E-state index in [0.717, 1.165) is 0 Å². The number of carbonyl (C=O) groups is 3. The Morgan fingerprint density at radius 2 is 1.72 bits per heavy atom. The molecule has 0 saturated carbocycles. The summed E-state index contributed by atoms with van der Waals surface area (Å²) in [5.74, 6) is -0.646. The quantitative estimate of drug-likeness (QED) is 0.661. The lowest BCUT2D eigenvalue weighted by atomic mass is 10.1. The summed E-state index contributed by atoms with van der Waals surface area (Å²) in [5.41, 5.74) is 0.613. The summed E-state index contributed by atoms with van der Waals surface area (Å²) in [4.78, 5) is 37.0. The first-order valence-electron chi connectivity index (χ1n) is 9.15. The van der Waals surface area contributed by atoms with Crippen molar-refractivity contribution < 1.29 is 28.6 Å². The van der Waals surface area contributed by atoms with Gasteiger partial charge in [0, 0.05) is 12.1 Å². The molecule has 3 amide bonds. The van der Waals surface area contributed by atoms with Crippen LogP contribution in [0.3, 0.4) is 0 Å². The molecule has 0 aromatic heterocycles. The minimum absolute atomic E-state index is 0.181. The minimum Gasteiger partial charge on any atom is -0.493 e. The maximum atomic E-state index is 12.7. The first-order valence-corrected chi connectivity index (χ1v) is 9.15. The van der Waals surface area contributed by atoms with E-state index in [4.69, 9.17) is 14.2 Å². The molecule has 2 rings (SSSR count). The molecule has 0 unspecified atom stereocenters. The number of rotatable bonds is 8. The fourth-order valence-corrected chi connectivity index (χ4v) is 2.53. The number of benzene rings is 2. The van der Waals surface area contributed by atoms with Gasteiger partial charge < -0.3 is 19.5 Å². The van der Waals surface area contributed by atoms with Crippen LogP contribution in [0.2, 0.25) is 0 Å². The van der Waals surface area contributed by atoms with Crippen LogP contribution >= 0.6 is 0 Å². The van der Waals surface area contributed by atoms with Crippen LogP contribution in [0.4, 0.5) is 4.79 Å². The van der Waals surface area contributed by atoms with E-state index in [2.05, 4.69) is 10.6 Å². The van der Waals surface area contributed by atoms with Crippen LogP contribution in [-0.2, 0) is 9.53 Å². The molecular formula is C21H24N2O6. The van der Waals surface area contributed by atoms with Crippen LogP contribution < -0.4 is 20.1 Å². The molecule has 2 aromatic rings. The molecule has 0 spiro atoms. The van der Waals surface area contributed by atoms with Gasteiger partial charge in [-0.25, -0.2) is 9.59 Å². The summed E-state index contributed by atoms with van der Waals surface area (Å²) in [5, 5.41) is 4.64. The summed E-state index contributed by atoms with van der Waals surface area (Å²) in [6.45, 7) is 4.26. The molecule has 8 heteroatoms. The van der Waals surface area contributed by atoms with Gasteiger partial charge in [0.1, 0.15) is 0 Å². The van der Waals surface area contributed by atoms with Crippen molar-refractivity contribution in [1.29, 1.82) is 0 Å². The van der Waals surface area contributed by atoms with E-state index in [-0.39, 0.29) is 5.56 Å². The number of hydrogen-bond donors (Lipinski definition) is 2. The van der Waals surface area contributed by atoms with Gasteiger partial charge >= 0.3 is 12.0 Å². The monoisotopic (exact) mass is 400 g/mol. The van der Waals surface area contributed by atoms with Gasteiger partial charge in [-0.15, -0.1) is 0 Å². The van der Waals surface area contributed by atoms with Crippen molar-refractivity contribution in [1.82, 2.24) is 10.6 Å². The molecule has 2 aromatic carbocycles. The van der Waals surface area contributed by atoms with Crippen molar-refractivity contribution in [3.05, 3.63) is 59.7 Å². The number of nitrogens with one attached hydrogen (secondary N) is 2. The summed E-state index contributed by atoms with van der Waals surface area (Å²) in [6, 6.07) is 12.3. The van der Waals surface area contributed by atoms with Crippen LogP contribution in [0.1, 0.15) is 35.9 Å². The number of imide groups is 1. The maximum absolute atomic E-state index is 12.7. The molecule has 0 aliphatic heterocycles. The second-order valence-electron chi connectivity index (χ2n) is 5.84. The van der Waals surface area contributed by atoms with Gasteiger partial charge in [0.25, 0.3) is 5.91 Å². The zero-order valence-corrected chi connectivity index (χ0v) is 16.6. The topological polar surface area (TPSA) is 103 Å². The fraction of sp³-hybridized carbons (Fsp3) is 0.286. The van der Waals surface area contributed by atoms with E-state index in [1.54, 1.807) is 43.3 Å². The summed E-state index contributed by atoms with van der Waals surface area (Å²) < 4.78 is 16.1. The van der Waals surface area contributed by atoms with Crippen molar-refractivity contribution in [2.75, 3.05) is 20.3 Å². The first kappa shape index (κ1) is 21.7. The predicted octanol–water partition coefficient (Wildman–Crippen LogP) is 2.84. The molecule has 0 aliphatic carbocycles. The van der Waals surface area contributed by atoms with Gasteiger partial charge in [0.05, 0.1) is 19.3 Å². The maximum Gasteiger partial charge on any atom is 0.339 e. The molecule has 29 heavy (non-hydrogen) atoms. The molecule has 8 nitrogen and oxygen atoms in total. The van der Waals surface area contributed by atoms with Gasteiger partial charge in [-0.05, 0) is 32.0 Å². The van der Waals surface area contributed by atoms with Gasteiger partial charge in [0.2, 0.25) is 6.10 Å². The number of carbonyl (C=O) groups excluding carboxylic acids is 3.